The standard InChI is InChI=1S/C26H22N6O/c33-25(11-6-9-19-7-2-1-3-8-19)28-21-14-12-20(13-15-21)22-16-17-24-29-30-26(32(24)31-22)23-10-4-5-18-27-23/h1-5,7-8,10,12-18H,6,9,11H2,(H,28,33). The second-order valence-corrected chi connectivity index (χ2v) is 7.69. The molecule has 5 rings (SSSR count). The van der Waals surface area contributed by atoms with Gasteiger partial charge in [-0.15, -0.1) is 10.2 Å². The summed E-state index contributed by atoms with van der Waals surface area (Å²) in [5.41, 5.74) is 5.08. The van der Waals surface area contributed by atoms with Gasteiger partial charge in [0.15, 0.2) is 5.65 Å². The Hall–Kier alpha value is -4.39. The van der Waals surface area contributed by atoms with Crippen LogP contribution in [0.3, 0.4) is 0 Å². The lowest BCUT2D eigenvalue weighted by Gasteiger charge is -2.07. The number of carbonyl (C=O) groups excluding carboxylic acids is 1. The van der Waals surface area contributed by atoms with E-state index in [2.05, 4.69) is 32.6 Å². The summed E-state index contributed by atoms with van der Waals surface area (Å²) in [6.07, 6.45) is 3.91. The van der Waals surface area contributed by atoms with E-state index in [1.54, 1.807) is 10.7 Å². The Labute approximate surface area is 191 Å². The maximum absolute atomic E-state index is 12.3. The molecule has 0 radical (unpaired) electrons. The van der Waals surface area contributed by atoms with Crippen LogP contribution in [-0.2, 0) is 11.2 Å². The summed E-state index contributed by atoms with van der Waals surface area (Å²) in [7, 11) is 0. The van der Waals surface area contributed by atoms with E-state index in [1.807, 2.05) is 72.8 Å². The molecule has 7 heteroatoms. The van der Waals surface area contributed by atoms with Gasteiger partial charge in [0.25, 0.3) is 0 Å². The zero-order chi connectivity index (χ0) is 22.5. The zero-order valence-electron chi connectivity index (χ0n) is 17.9. The molecule has 0 spiro atoms. The zero-order valence-corrected chi connectivity index (χ0v) is 17.9. The number of aryl methyl sites for hydroxylation is 1. The minimum Gasteiger partial charge on any atom is -0.326 e. The van der Waals surface area contributed by atoms with Crippen LogP contribution in [0.1, 0.15) is 18.4 Å². The summed E-state index contributed by atoms with van der Waals surface area (Å²) in [4.78, 5) is 16.6. The van der Waals surface area contributed by atoms with E-state index >= 15 is 0 Å². The van der Waals surface area contributed by atoms with E-state index < -0.39 is 0 Å². The molecule has 0 aliphatic rings. The minimum atomic E-state index is 0.0164. The fourth-order valence-electron chi connectivity index (χ4n) is 3.64. The second-order valence-electron chi connectivity index (χ2n) is 7.69. The van der Waals surface area contributed by atoms with Crippen molar-refractivity contribution in [3.63, 3.8) is 0 Å². The van der Waals surface area contributed by atoms with Crippen molar-refractivity contribution in [2.45, 2.75) is 19.3 Å². The van der Waals surface area contributed by atoms with E-state index in [9.17, 15) is 4.79 Å². The second kappa shape index (κ2) is 9.40. The van der Waals surface area contributed by atoms with Gasteiger partial charge in [-0.3, -0.25) is 9.78 Å². The van der Waals surface area contributed by atoms with Gasteiger partial charge in [-0.1, -0.05) is 48.5 Å². The maximum Gasteiger partial charge on any atom is 0.224 e. The first-order valence-corrected chi connectivity index (χ1v) is 10.8. The third-order valence-electron chi connectivity index (χ3n) is 5.33. The SMILES string of the molecule is O=C(CCCc1ccccc1)Nc1ccc(-c2ccc3nnc(-c4ccccn4)n3n2)cc1. The Balaban J connectivity index is 1.26. The molecule has 0 aliphatic carbocycles. The molecule has 0 bridgehead atoms. The van der Waals surface area contributed by atoms with Gasteiger partial charge in [0, 0.05) is 23.9 Å². The Morgan fingerprint density at radius 3 is 2.42 bits per heavy atom. The Morgan fingerprint density at radius 1 is 0.818 bits per heavy atom. The number of hydrogen-bond acceptors (Lipinski definition) is 5. The van der Waals surface area contributed by atoms with Crippen molar-refractivity contribution in [2.24, 2.45) is 0 Å². The summed E-state index contributed by atoms with van der Waals surface area (Å²) in [5.74, 6) is 0.606. The molecular weight excluding hydrogens is 412 g/mol. The van der Waals surface area contributed by atoms with E-state index in [4.69, 9.17) is 5.10 Å². The molecule has 1 amide bonds. The van der Waals surface area contributed by atoms with E-state index in [0.717, 1.165) is 29.8 Å². The minimum absolute atomic E-state index is 0.0164. The van der Waals surface area contributed by atoms with Gasteiger partial charge in [0.05, 0.1) is 5.69 Å². The summed E-state index contributed by atoms with van der Waals surface area (Å²) >= 11 is 0. The molecule has 33 heavy (non-hydrogen) atoms. The monoisotopic (exact) mass is 434 g/mol. The van der Waals surface area contributed by atoms with Crippen molar-refractivity contribution >= 4 is 17.2 Å². The van der Waals surface area contributed by atoms with Crippen LogP contribution >= 0.6 is 0 Å². The van der Waals surface area contributed by atoms with Gasteiger partial charge < -0.3 is 5.32 Å². The molecule has 0 atom stereocenters. The van der Waals surface area contributed by atoms with E-state index in [1.165, 1.54) is 5.56 Å². The van der Waals surface area contributed by atoms with Crippen LogP contribution in [0.25, 0.3) is 28.4 Å². The highest BCUT2D eigenvalue weighted by Gasteiger charge is 2.12. The number of aromatic nitrogens is 5. The molecule has 3 heterocycles. The summed E-state index contributed by atoms with van der Waals surface area (Å²) < 4.78 is 1.69. The largest absolute Gasteiger partial charge is 0.326 e. The van der Waals surface area contributed by atoms with Crippen molar-refractivity contribution in [3.05, 3.63) is 96.7 Å². The van der Waals surface area contributed by atoms with Crippen LogP contribution in [0.2, 0.25) is 0 Å². The highest BCUT2D eigenvalue weighted by Crippen LogP contribution is 2.22. The number of amides is 1. The molecule has 162 valence electrons. The number of benzene rings is 2. The van der Waals surface area contributed by atoms with Crippen LogP contribution < -0.4 is 5.32 Å². The predicted molar refractivity (Wildman–Crippen MR) is 127 cm³/mol. The first-order valence-electron chi connectivity index (χ1n) is 10.8. The highest BCUT2D eigenvalue weighted by atomic mass is 16.1. The van der Waals surface area contributed by atoms with Gasteiger partial charge in [-0.2, -0.15) is 9.61 Å². The predicted octanol–water partition coefficient (Wildman–Crippen LogP) is 4.81. The van der Waals surface area contributed by atoms with Gasteiger partial charge in [0.2, 0.25) is 11.7 Å². The Kier molecular flexibility index (Phi) is 5.84. The van der Waals surface area contributed by atoms with Crippen molar-refractivity contribution in [1.82, 2.24) is 24.8 Å². The smallest absolute Gasteiger partial charge is 0.224 e. The van der Waals surface area contributed by atoms with Crippen molar-refractivity contribution in [2.75, 3.05) is 5.32 Å². The summed E-state index contributed by atoms with van der Waals surface area (Å²) in [6.45, 7) is 0. The number of anilines is 1. The number of hydrogen-bond donors (Lipinski definition) is 1. The third-order valence-corrected chi connectivity index (χ3v) is 5.33. The molecule has 3 aromatic heterocycles. The van der Waals surface area contributed by atoms with Crippen molar-refractivity contribution < 1.29 is 4.79 Å². The number of rotatable bonds is 7. The molecule has 0 saturated heterocycles. The molecule has 0 fully saturated rings. The van der Waals surface area contributed by atoms with Crippen LogP contribution in [0.15, 0.2) is 91.1 Å². The molecular formula is C26H22N6O. The normalized spacial score (nSPS) is 10.9. The van der Waals surface area contributed by atoms with Crippen LogP contribution in [0.5, 0.6) is 0 Å². The maximum atomic E-state index is 12.3. The lowest BCUT2D eigenvalue weighted by molar-refractivity contribution is -0.116. The fraction of sp³-hybridized carbons (Fsp3) is 0.115. The van der Waals surface area contributed by atoms with Crippen LogP contribution in [0, 0.1) is 0 Å². The third kappa shape index (κ3) is 4.77. The average molecular weight is 435 g/mol. The first-order chi connectivity index (χ1) is 16.3. The Morgan fingerprint density at radius 2 is 1.64 bits per heavy atom. The fourth-order valence-corrected chi connectivity index (χ4v) is 3.64. The molecule has 5 aromatic rings. The number of fused-ring (bicyclic) bond motifs is 1. The van der Waals surface area contributed by atoms with Gasteiger partial charge in [-0.05, 0) is 54.8 Å². The number of pyridine rings is 1. The lowest BCUT2D eigenvalue weighted by atomic mass is 10.1. The van der Waals surface area contributed by atoms with Crippen molar-refractivity contribution in [1.29, 1.82) is 0 Å². The number of nitrogens with zero attached hydrogens (tertiary/aromatic N) is 5. The summed E-state index contributed by atoms with van der Waals surface area (Å²) in [6, 6.07) is 27.3. The van der Waals surface area contributed by atoms with Gasteiger partial charge >= 0.3 is 0 Å². The lowest BCUT2D eigenvalue weighted by Crippen LogP contribution is -2.11. The molecule has 0 aliphatic heterocycles. The summed E-state index contributed by atoms with van der Waals surface area (Å²) in [5, 5.41) is 16.1. The van der Waals surface area contributed by atoms with Gasteiger partial charge in [-0.25, -0.2) is 0 Å². The van der Waals surface area contributed by atoms with Crippen molar-refractivity contribution in [3.8, 4) is 22.8 Å². The first kappa shape index (κ1) is 20.5. The topological polar surface area (TPSA) is 85.1 Å². The quantitative estimate of drug-likeness (QED) is 0.397. The van der Waals surface area contributed by atoms with Gasteiger partial charge in [0.1, 0.15) is 5.69 Å². The molecule has 7 nitrogen and oxygen atoms in total. The van der Waals surface area contributed by atoms with Crippen LogP contribution in [0.4, 0.5) is 5.69 Å². The number of nitrogens with one attached hydrogen (secondary N) is 1. The molecule has 0 saturated carbocycles. The molecule has 2 aromatic carbocycles. The average Bonchev–Trinajstić information content (AvgIpc) is 3.29. The molecule has 0 unspecified atom stereocenters. The van der Waals surface area contributed by atoms with E-state index in [-0.39, 0.29) is 5.91 Å². The highest BCUT2D eigenvalue weighted by molar-refractivity contribution is 5.90. The van der Waals surface area contributed by atoms with E-state index in [0.29, 0.717) is 23.6 Å². The molecule has 1 N–H and O–H groups in total. The van der Waals surface area contributed by atoms with Crippen LogP contribution in [-0.4, -0.2) is 30.7 Å². The number of carbonyl (C=O) groups is 1. The Bertz CT molecular complexity index is 1360.